The van der Waals surface area contributed by atoms with Crippen LogP contribution >= 0.6 is 11.6 Å². The number of hydrogen-bond acceptors (Lipinski definition) is 6. The molecule has 0 atom stereocenters. The number of nitrogens with one attached hydrogen (secondary N) is 2. The molecule has 3 rings (SSSR count). The fraction of sp³-hybridized carbons (Fsp3) is 0.238. The van der Waals surface area contributed by atoms with Crippen molar-refractivity contribution in [3.8, 4) is 11.5 Å². The molecule has 7 heteroatoms. The van der Waals surface area contributed by atoms with Gasteiger partial charge in [-0.1, -0.05) is 29.8 Å². The fourth-order valence-electron chi connectivity index (χ4n) is 2.80. The fourth-order valence-corrected chi connectivity index (χ4v) is 2.96. The van der Waals surface area contributed by atoms with E-state index in [1.165, 1.54) is 0 Å². The van der Waals surface area contributed by atoms with E-state index in [2.05, 4.69) is 26.7 Å². The van der Waals surface area contributed by atoms with E-state index in [9.17, 15) is 0 Å². The maximum atomic E-state index is 6.16. The number of hydrogen-bond donors (Lipinski definition) is 2. The molecule has 0 aliphatic heterocycles. The molecule has 1 heterocycles. The standard InChI is InChI=1S/C21H23ClN4O2/c1-14-12-17(19(28-3)13-16(14)22)25-21-24-11-9-20(26-21)23-10-8-15-6-4-5-7-18(15)27-2/h4-7,9,11-13H,8,10H2,1-3H3,(H2,23,24,25,26). The Kier molecular flexibility index (Phi) is 6.55. The summed E-state index contributed by atoms with van der Waals surface area (Å²) in [4.78, 5) is 8.80. The lowest BCUT2D eigenvalue weighted by molar-refractivity contribution is 0.410. The first-order chi connectivity index (χ1) is 13.6. The summed E-state index contributed by atoms with van der Waals surface area (Å²) in [7, 11) is 3.28. The molecule has 2 aromatic carbocycles. The predicted molar refractivity (Wildman–Crippen MR) is 113 cm³/mol. The van der Waals surface area contributed by atoms with E-state index >= 15 is 0 Å². The first kappa shape index (κ1) is 19.8. The number of aryl methyl sites for hydroxylation is 1. The minimum Gasteiger partial charge on any atom is -0.496 e. The molecule has 0 spiro atoms. The van der Waals surface area contributed by atoms with Crippen LogP contribution in [0.25, 0.3) is 0 Å². The van der Waals surface area contributed by atoms with Crippen LogP contribution in [0.2, 0.25) is 5.02 Å². The van der Waals surface area contributed by atoms with E-state index in [1.54, 1.807) is 26.5 Å². The topological polar surface area (TPSA) is 68.3 Å². The molecule has 146 valence electrons. The minimum absolute atomic E-state index is 0.474. The van der Waals surface area contributed by atoms with Gasteiger partial charge in [0.2, 0.25) is 5.95 Å². The van der Waals surface area contributed by atoms with Crippen LogP contribution in [0.3, 0.4) is 0 Å². The van der Waals surface area contributed by atoms with Gasteiger partial charge < -0.3 is 20.1 Å². The molecule has 0 unspecified atom stereocenters. The monoisotopic (exact) mass is 398 g/mol. The number of rotatable bonds is 8. The van der Waals surface area contributed by atoms with Crippen molar-refractivity contribution in [2.24, 2.45) is 0 Å². The van der Waals surface area contributed by atoms with Gasteiger partial charge in [-0.05, 0) is 42.7 Å². The normalized spacial score (nSPS) is 10.4. The van der Waals surface area contributed by atoms with Gasteiger partial charge in [0.25, 0.3) is 0 Å². The second-order valence-corrected chi connectivity index (χ2v) is 6.59. The Morgan fingerprint density at radius 1 is 1.04 bits per heavy atom. The Balaban J connectivity index is 1.67. The van der Waals surface area contributed by atoms with Crippen LogP contribution in [-0.4, -0.2) is 30.7 Å². The summed E-state index contributed by atoms with van der Waals surface area (Å²) in [6.07, 6.45) is 2.52. The summed E-state index contributed by atoms with van der Waals surface area (Å²) < 4.78 is 10.8. The highest BCUT2D eigenvalue weighted by molar-refractivity contribution is 6.31. The Morgan fingerprint density at radius 3 is 2.61 bits per heavy atom. The largest absolute Gasteiger partial charge is 0.496 e. The molecular formula is C21H23ClN4O2. The smallest absolute Gasteiger partial charge is 0.229 e. The number of anilines is 3. The highest BCUT2D eigenvalue weighted by Crippen LogP contribution is 2.32. The van der Waals surface area contributed by atoms with Gasteiger partial charge in [-0.25, -0.2) is 4.98 Å². The number of benzene rings is 2. The number of methoxy groups -OCH3 is 2. The van der Waals surface area contributed by atoms with Crippen LogP contribution < -0.4 is 20.1 Å². The van der Waals surface area contributed by atoms with Gasteiger partial charge in [0.05, 0.1) is 19.9 Å². The zero-order valence-corrected chi connectivity index (χ0v) is 16.9. The molecule has 0 aliphatic carbocycles. The summed E-state index contributed by atoms with van der Waals surface area (Å²) in [5.74, 6) is 2.73. The Labute approximate surface area is 169 Å². The third-order valence-corrected chi connectivity index (χ3v) is 4.68. The number of nitrogens with zero attached hydrogens (tertiary/aromatic N) is 2. The average molecular weight is 399 g/mol. The molecule has 2 N–H and O–H groups in total. The molecule has 0 fully saturated rings. The summed E-state index contributed by atoms with van der Waals surface area (Å²) in [6.45, 7) is 2.66. The molecular weight excluding hydrogens is 376 g/mol. The Hall–Kier alpha value is -2.99. The third kappa shape index (κ3) is 4.84. The quantitative estimate of drug-likeness (QED) is 0.565. The van der Waals surface area contributed by atoms with Gasteiger partial charge in [0.1, 0.15) is 17.3 Å². The molecule has 0 saturated carbocycles. The second-order valence-electron chi connectivity index (χ2n) is 6.18. The van der Waals surface area contributed by atoms with E-state index in [0.717, 1.165) is 41.3 Å². The predicted octanol–water partition coefficient (Wildman–Crippen LogP) is 4.85. The Bertz CT molecular complexity index is 949. The summed E-state index contributed by atoms with van der Waals surface area (Å²) in [6, 6.07) is 13.5. The summed E-state index contributed by atoms with van der Waals surface area (Å²) >= 11 is 6.16. The van der Waals surface area contributed by atoms with Crippen molar-refractivity contribution in [3.63, 3.8) is 0 Å². The van der Waals surface area contributed by atoms with Gasteiger partial charge in [-0.15, -0.1) is 0 Å². The minimum atomic E-state index is 0.474. The van der Waals surface area contributed by atoms with E-state index in [1.807, 2.05) is 37.3 Å². The highest BCUT2D eigenvalue weighted by atomic mass is 35.5. The van der Waals surface area contributed by atoms with Crippen molar-refractivity contribution in [2.75, 3.05) is 31.4 Å². The molecule has 0 radical (unpaired) electrons. The zero-order chi connectivity index (χ0) is 19.9. The van der Waals surface area contributed by atoms with Gasteiger partial charge >= 0.3 is 0 Å². The number of halogens is 1. The number of para-hydroxylation sites is 1. The molecule has 3 aromatic rings. The molecule has 28 heavy (non-hydrogen) atoms. The molecule has 0 amide bonds. The van der Waals surface area contributed by atoms with Crippen LogP contribution in [-0.2, 0) is 6.42 Å². The molecule has 0 bridgehead atoms. The average Bonchev–Trinajstić information content (AvgIpc) is 2.71. The molecule has 6 nitrogen and oxygen atoms in total. The van der Waals surface area contributed by atoms with Gasteiger partial charge in [-0.3, -0.25) is 0 Å². The van der Waals surface area contributed by atoms with E-state index in [-0.39, 0.29) is 0 Å². The van der Waals surface area contributed by atoms with Crippen LogP contribution in [0.5, 0.6) is 11.5 Å². The lowest BCUT2D eigenvalue weighted by atomic mass is 10.1. The van der Waals surface area contributed by atoms with Crippen molar-refractivity contribution >= 4 is 29.1 Å². The van der Waals surface area contributed by atoms with Crippen LogP contribution in [0.15, 0.2) is 48.7 Å². The van der Waals surface area contributed by atoms with Crippen LogP contribution in [0.1, 0.15) is 11.1 Å². The zero-order valence-electron chi connectivity index (χ0n) is 16.1. The van der Waals surface area contributed by atoms with Gasteiger partial charge in [-0.2, -0.15) is 4.98 Å². The van der Waals surface area contributed by atoms with E-state index in [4.69, 9.17) is 21.1 Å². The molecule has 0 aliphatic rings. The van der Waals surface area contributed by atoms with Crippen molar-refractivity contribution < 1.29 is 9.47 Å². The third-order valence-electron chi connectivity index (χ3n) is 4.28. The van der Waals surface area contributed by atoms with E-state index in [0.29, 0.717) is 16.7 Å². The molecule has 1 aromatic heterocycles. The SMILES string of the molecule is COc1ccccc1CCNc1ccnc(Nc2cc(C)c(Cl)cc2OC)n1. The van der Waals surface area contributed by atoms with Crippen molar-refractivity contribution in [3.05, 3.63) is 64.8 Å². The van der Waals surface area contributed by atoms with Crippen molar-refractivity contribution in [1.29, 1.82) is 0 Å². The van der Waals surface area contributed by atoms with Gasteiger partial charge in [0, 0.05) is 23.8 Å². The maximum Gasteiger partial charge on any atom is 0.229 e. The lowest BCUT2D eigenvalue weighted by Crippen LogP contribution is -2.08. The first-order valence-corrected chi connectivity index (χ1v) is 9.28. The number of aromatic nitrogens is 2. The van der Waals surface area contributed by atoms with E-state index < -0.39 is 0 Å². The van der Waals surface area contributed by atoms with Crippen LogP contribution in [0, 0.1) is 6.92 Å². The van der Waals surface area contributed by atoms with Crippen molar-refractivity contribution in [2.45, 2.75) is 13.3 Å². The highest BCUT2D eigenvalue weighted by Gasteiger charge is 2.09. The Morgan fingerprint density at radius 2 is 1.82 bits per heavy atom. The van der Waals surface area contributed by atoms with Crippen molar-refractivity contribution in [1.82, 2.24) is 9.97 Å². The van der Waals surface area contributed by atoms with Crippen LogP contribution in [0.4, 0.5) is 17.5 Å². The first-order valence-electron chi connectivity index (χ1n) is 8.90. The second kappa shape index (κ2) is 9.28. The number of ether oxygens (including phenoxy) is 2. The molecule has 0 saturated heterocycles. The summed E-state index contributed by atoms with van der Waals surface area (Å²) in [5, 5.41) is 7.16. The van der Waals surface area contributed by atoms with Gasteiger partial charge in [0.15, 0.2) is 0 Å². The summed E-state index contributed by atoms with van der Waals surface area (Å²) in [5.41, 5.74) is 2.85. The lowest BCUT2D eigenvalue weighted by Gasteiger charge is -2.13. The maximum absolute atomic E-state index is 6.16.